The zero-order chi connectivity index (χ0) is 17.9. The summed E-state index contributed by atoms with van der Waals surface area (Å²) in [6, 6.07) is 1.65. The third-order valence-electron chi connectivity index (χ3n) is 3.65. The molecule has 1 aliphatic rings. The molecule has 1 atom stereocenters. The molecule has 2 rings (SSSR count). The van der Waals surface area contributed by atoms with Gasteiger partial charge in [-0.1, -0.05) is 19.9 Å². The van der Waals surface area contributed by atoms with Crippen LogP contribution >= 0.6 is 0 Å². The monoisotopic (exact) mass is 352 g/mol. The van der Waals surface area contributed by atoms with Gasteiger partial charge in [0.05, 0.1) is 12.0 Å². The molecule has 0 bridgehead atoms. The quantitative estimate of drug-likeness (QED) is 0.814. The number of anilines is 1. The first kappa shape index (κ1) is 18.0. The number of sulfonamides is 1. The van der Waals surface area contributed by atoms with Crippen LogP contribution in [0.4, 0.5) is 5.69 Å². The number of aliphatic carboxylic acids is 1. The maximum absolute atomic E-state index is 12.6. The molecule has 1 unspecified atom stereocenters. The van der Waals surface area contributed by atoms with Crippen molar-refractivity contribution >= 4 is 21.7 Å². The second-order valence-electron chi connectivity index (χ2n) is 5.58. The molecule has 1 aliphatic carbocycles. The maximum atomic E-state index is 12.6. The zero-order valence-corrected chi connectivity index (χ0v) is 14.6. The van der Waals surface area contributed by atoms with E-state index < -0.39 is 16.0 Å². The van der Waals surface area contributed by atoms with Gasteiger partial charge in [0.2, 0.25) is 5.88 Å². The van der Waals surface area contributed by atoms with E-state index in [1.807, 2.05) is 6.92 Å². The first-order valence-electron chi connectivity index (χ1n) is 7.48. The van der Waals surface area contributed by atoms with Gasteiger partial charge in [0.1, 0.15) is 5.69 Å². The van der Waals surface area contributed by atoms with Crippen molar-refractivity contribution < 1.29 is 23.1 Å². The van der Waals surface area contributed by atoms with E-state index in [-0.39, 0.29) is 28.0 Å². The highest BCUT2D eigenvalue weighted by Gasteiger charge is 2.25. The zero-order valence-electron chi connectivity index (χ0n) is 13.7. The lowest BCUT2D eigenvalue weighted by Crippen LogP contribution is -2.19. The molecule has 130 valence electrons. The molecule has 2 N–H and O–H groups in total. The van der Waals surface area contributed by atoms with E-state index in [9.17, 15) is 13.2 Å². The highest BCUT2D eigenvalue weighted by Crippen LogP contribution is 2.29. The smallest absolute Gasteiger partial charge is 0.331 e. The van der Waals surface area contributed by atoms with Gasteiger partial charge < -0.3 is 9.84 Å². The summed E-state index contributed by atoms with van der Waals surface area (Å²) in [5.74, 6) is -1.15. The van der Waals surface area contributed by atoms with Crippen molar-refractivity contribution in [2.24, 2.45) is 5.92 Å². The molecule has 1 aromatic rings. The molecule has 7 nitrogen and oxygen atoms in total. The number of nitrogens with one attached hydrogen (secondary N) is 1. The number of ether oxygens (including phenoxy) is 1. The molecular weight excluding hydrogens is 332 g/mol. The number of pyridine rings is 1. The second kappa shape index (κ2) is 7.04. The average Bonchev–Trinajstić information content (AvgIpc) is 2.53. The third-order valence-corrected chi connectivity index (χ3v) is 5.01. The average molecular weight is 352 g/mol. The van der Waals surface area contributed by atoms with E-state index >= 15 is 0 Å². The molecule has 0 radical (unpaired) electrons. The molecule has 1 aromatic heterocycles. The normalized spacial score (nSPS) is 17.7. The Labute approximate surface area is 141 Å². The van der Waals surface area contributed by atoms with Gasteiger partial charge >= 0.3 is 5.97 Å². The number of aromatic nitrogens is 1. The van der Waals surface area contributed by atoms with Gasteiger partial charge in [-0.25, -0.2) is 18.2 Å². The number of carboxylic acids is 1. The Kier molecular flexibility index (Phi) is 5.28. The molecule has 1 heterocycles. The summed E-state index contributed by atoms with van der Waals surface area (Å²) in [7, 11) is -2.54. The molecular formula is C16H20N2O5S. The number of hydrogen-bond acceptors (Lipinski definition) is 5. The summed E-state index contributed by atoms with van der Waals surface area (Å²) in [5, 5.41) is 9.14. The summed E-state index contributed by atoms with van der Waals surface area (Å²) < 4.78 is 32.8. The summed E-state index contributed by atoms with van der Waals surface area (Å²) in [6.07, 6.45) is 5.33. The van der Waals surface area contributed by atoms with Crippen LogP contribution in [0, 0.1) is 5.92 Å². The van der Waals surface area contributed by atoms with Gasteiger partial charge in [-0.2, -0.15) is 0 Å². The van der Waals surface area contributed by atoms with Gasteiger partial charge in [0.15, 0.2) is 0 Å². The van der Waals surface area contributed by atoms with E-state index in [0.717, 1.165) is 5.56 Å². The fraction of sp³-hybridized carbons (Fsp3) is 0.375. The van der Waals surface area contributed by atoms with Crippen molar-refractivity contribution in [3.8, 4) is 5.88 Å². The Morgan fingerprint density at radius 1 is 1.50 bits per heavy atom. The minimum Gasteiger partial charge on any atom is -0.480 e. The van der Waals surface area contributed by atoms with E-state index in [2.05, 4.69) is 9.71 Å². The van der Waals surface area contributed by atoms with Gasteiger partial charge in [-0.15, -0.1) is 0 Å². The van der Waals surface area contributed by atoms with Crippen molar-refractivity contribution in [2.75, 3.05) is 11.8 Å². The van der Waals surface area contributed by atoms with Gasteiger partial charge in [-0.05, 0) is 36.5 Å². The van der Waals surface area contributed by atoms with Crippen molar-refractivity contribution in [1.82, 2.24) is 4.98 Å². The molecule has 0 aromatic carbocycles. The minimum absolute atomic E-state index is 0.0670. The predicted octanol–water partition coefficient (Wildman–Crippen LogP) is 2.33. The van der Waals surface area contributed by atoms with Crippen LogP contribution in [0.2, 0.25) is 0 Å². The lowest BCUT2D eigenvalue weighted by Gasteiger charge is -2.18. The summed E-state index contributed by atoms with van der Waals surface area (Å²) >= 11 is 0. The number of methoxy groups -OCH3 is 1. The van der Waals surface area contributed by atoms with Crippen molar-refractivity contribution in [1.29, 1.82) is 0 Å². The first-order valence-corrected chi connectivity index (χ1v) is 8.96. The van der Waals surface area contributed by atoms with Gasteiger partial charge in [0.25, 0.3) is 10.0 Å². The van der Waals surface area contributed by atoms with Crippen LogP contribution in [-0.2, 0) is 21.2 Å². The number of rotatable bonds is 6. The topological polar surface area (TPSA) is 106 Å². The number of aryl methyl sites for hydroxylation is 1. The van der Waals surface area contributed by atoms with Crippen LogP contribution in [0.25, 0.3) is 0 Å². The van der Waals surface area contributed by atoms with Gasteiger partial charge in [0, 0.05) is 11.8 Å². The summed E-state index contributed by atoms with van der Waals surface area (Å²) in [4.78, 5) is 15.2. The summed E-state index contributed by atoms with van der Waals surface area (Å²) in [6.45, 7) is 3.69. The number of carbonyl (C=O) groups is 1. The minimum atomic E-state index is -3.94. The fourth-order valence-corrected chi connectivity index (χ4v) is 3.67. The van der Waals surface area contributed by atoms with E-state index in [0.29, 0.717) is 12.8 Å². The van der Waals surface area contributed by atoms with E-state index in [1.54, 1.807) is 25.3 Å². The first-order chi connectivity index (χ1) is 11.3. The molecule has 0 amide bonds. The Morgan fingerprint density at radius 2 is 2.21 bits per heavy atom. The molecule has 0 aliphatic heterocycles. The molecule has 0 fully saturated rings. The fourth-order valence-electron chi connectivity index (χ4n) is 2.41. The second-order valence-corrected chi connectivity index (χ2v) is 7.27. The van der Waals surface area contributed by atoms with Crippen molar-refractivity contribution in [3.63, 3.8) is 0 Å². The van der Waals surface area contributed by atoms with E-state index in [1.165, 1.54) is 13.2 Å². The SMILES string of the molecule is CCc1cnc(OC)c(NS(=O)(=O)C2=CC(C)CC(C(=O)O)=C2)c1. The maximum Gasteiger partial charge on any atom is 0.331 e. The van der Waals surface area contributed by atoms with Gasteiger partial charge in [-0.3, -0.25) is 4.72 Å². The highest BCUT2D eigenvalue weighted by atomic mass is 32.2. The Bertz CT molecular complexity index is 812. The summed E-state index contributed by atoms with van der Waals surface area (Å²) in [5.41, 5.74) is 1.14. The predicted molar refractivity (Wildman–Crippen MR) is 90.3 cm³/mol. The molecule has 0 saturated carbocycles. The Balaban J connectivity index is 2.40. The van der Waals surface area contributed by atoms with Crippen LogP contribution in [0.5, 0.6) is 5.88 Å². The van der Waals surface area contributed by atoms with Crippen LogP contribution < -0.4 is 9.46 Å². The largest absolute Gasteiger partial charge is 0.480 e. The lowest BCUT2D eigenvalue weighted by molar-refractivity contribution is -0.132. The van der Waals surface area contributed by atoms with E-state index in [4.69, 9.17) is 9.84 Å². The number of carboxylic acid groups (broad SMARTS) is 1. The number of allylic oxidation sites excluding steroid dienone is 2. The van der Waals surface area contributed by atoms with Crippen LogP contribution in [0.3, 0.4) is 0 Å². The van der Waals surface area contributed by atoms with Crippen LogP contribution in [0.1, 0.15) is 25.8 Å². The Morgan fingerprint density at radius 3 is 2.79 bits per heavy atom. The van der Waals surface area contributed by atoms with Crippen LogP contribution in [-0.4, -0.2) is 31.6 Å². The molecule has 0 spiro atoms. The molecule has 24 heavy (non-hydrogen) atoms. The lowest BCUT2D eigenvalue weighted by atomic mass is 9.96. The van der Waals surface area contributed by atoms with Crippen LogP contribution in [0.15, 0.2) is 34.9 Å². The highest BCUT2D eigenvalue weighted by molar-refractivity contribution is 7.96. The molecule has 0 saturated heterocycles. The Hall–Kier alpha value is -2.35. The molecule has 8 heteroatoms. The third kappa shape index (κ3) is 3.94. The van der Waals surface area contributed by atoms with Crippen molar-refractivity contribution in [3.05, 3.63) is 40.5 Å². The number of hydrogen-bond donors (Lipinski definition) is 2. The van der Waals surface area contributed by atoms with Crippen molar-refractivity contribution in [2.45, 2.75) is 26.7 Å². The standard InChI is InChI=1S/C16H20N2O5S/c1-4-11-7-14(15(23-3)17-9-11)18-24(21,22)13-6-10(2)5-12(8-13)16(19)20/h6-10,18H,4-5H2,1-3H3,(H,19,20). The number of nitrogens with zero attached hydrogens (tertiary/aromatic N) is 1.